The fraction of sp³-hybridized carbons (Fsp3) is 0. The maximum atomic E-state index is 12.3. The molecule has 0 aromatic carbocycles. The smallest absolute Gasteiger partial charge is 0.277 e. The Balaban J connectivity index is 1.55. The maximum Gasteiger partial charge on any atom is 0.277 e. The molecule has 0 saturated carbocycles. The molecule has 1 N–H and O–H groups in total. The molecule has 8 nitrogen and oxygen atoms in total. The van der Waals surface area contributed by atoms with Gasteiger partial charge >= 0.3 is 0 Å². The first-order valence-electron chi connectivity index (χ1n) is 6.64. The zero-order valence-corrected chi connectivity index (χ0v) is 12.4. The average Bonchev–Trinajstić information content (AvgIpc) is 3.24. The number of fused-ring (bicyclic) bond motifs is 1. The molecule has 0 aliphatic heterocycles. The van der Waals surface area contributed by atoms with Crippen LogP contribution in [0.25, 0.3) is 16.9 Å². The highest BCUT2D eigenvalue weighted by Gasteiger charge is 2.12. The van der Waals surface area contributed by atoms with Crippen LogP contribution in [0.2, 0.25) is 0 Å². The molecule has 4 heterocycles. The molecule has 0 aliphatic rings. The molecule has 0 bridgehead atoms. The van der Waals surface area contributed by atoms with Gasteiger partial charge in [0, 0.05) is 23.3 Å². The molecule has 0 atom stereocenters. The van der Waals surface area contributed by atoms with Crippen LogP contribution < -0.4 is 5.32 Å². The molecule has 0 saturated heterocycles. The fourth-order valence-electron chi connectivity index (χ4n) is 1.99. The third kappa shape index (κ3) is 2.64. The second kappa shape index (κ2) is 5.54. The SMILES string of the molecule is O=C(Nc1nc(-c2cccnc2)cs1)c1ccc2nncn2n1. The summed E-state index contributed by atoms with van der Waals surface area (Å²) in [7, 11) is 0. The lowest BCUT2D eigenvalue weighted by atomic mass is 10.2. The number of amides is 1. The van der Waals surface area contributed by atoms with Crippen molar-refractivity contribution in [1.82, 2.24) is 29.8 Å². The van der Waals surface area contributed by atoms with E-state index in [-0.39, 0.29) is 11.6 Å². The van der Waals surface area contributed by atoms with Crippen molar-refractivity contribution in [2.45, 2.75) is 0 Å². The second-order valence-electron chi connectivity index (χ2n) is 4.59. The first-order valence-corrected chi connectivity index (χ1v) is 7.52. The van der Waals surface area contributed by atoms with Crippen molar-refractivity contribution in [2.75, 3.05) is 5.32 Å². The van der Waals surface area contributed by atoms with Crippen molar-refractivity contribution >= 4 is 28.0 Å². The van der Waals surface area contributed by atoms with Gasteiger partial charge in [0.2, 0.25) is 0 Å². The van der Waals surface area contributed by atoms with Crippen LogP contribution >= 0.6 is 11.3 Å². The van der Waals surface area contributed by atoms with Gasteiger partial charge in [-0.25, -0.2) is 4.98 Å². The topological polar surface area (TPSA) is 98.0 Å². The zero-order chi connectivity index (χ0) is 15.6. The number of anilines is 1. The molecule has 0 fully saturated rings. The molecule has 9 heteroatoms. The Morgan fingerprint density at radius 2 is 2.22 bits per heavy atom. The summed E-state index contributed by atoms with van der Waals surface area (Å²) in [4.78, 5) is 20.7. The summed E-state index contributed by atoms with van der Waals surface area (Å²) in [5.74, 6) is -0.340. The van der Waals surface area contributed by atoms with E-state index in [4.69, 9.17) is 0 Å². The van der Waals surface area contributed by atoms with Gasteiger partial charge in [0.1, 0.15) is 12.0 Å². The van der Waals surface area contributed by atoms with Gasteiger partial charge in [-0.2, -0.15) is 9.61 Å². The zero-order valence-electron chi connectivity index (χ0n) is 11.6. The van der Waals surface area contributed by atoms with Crippen molar-refractivity contribution < 1.29 is 4.79 Å². The summed E-state index contributed by atoms with van der Waals surface area (Å²) in [6, 6.07) is 7.02. The lowest BCUT2D eigenvalue weighted by Gasteiger charge is -2.01. The predicted octanol–water partition coefficient (Wildman–Crippen LogP) is 1.90. The number of rotatable bonds is 3. The van der Waals surface area contributed by atoms with Crippen LogP contribution in [0.5, 0.6) is 0 Å². The van der Waals surface area contributed by atoms with E-state index in [1.807, 2.05) is 17.5 Å². The Hall–Kier alpha value is -3.20. The Morgan fingerprint density at radius 1 is 1.26 bits per heavy atom. The van der Waals surface area contributed by atoms with Crippen LogP contribution in [0, 0.1) is 0 Å². The molecule has 4 aromatic rings. The Labute approximate surface area is 133 Å². The van der Waals surface area contributed by atoms with Gasteiger partial charge in [-0.05, 0) is 24.3 Å². The molecule has 0 radical (unpaired) electrons. The molecule has 0 unspecified atom stereocenters. The predicted molar refractivity (Wildman–Crippen MR) is 84.1 cm³/mol. The van der Waals surface area contributed by atoms with Crippen LogP contribution in [0.3, 0.4) is 0 Å². The van der Waals surface area contributed by atoms with Crippen LogP contribution in [-0.2, 0) is 0 Å². The highest BCUT2D eigenvalue weighted by atomic mass is 32.1. The summed E-state index contributed by atoms with van der Waals surface area (Å²) in [5.41, 5.74) is 2.50. The van der Waals surface area contributed by atoms with E-state index in [1.165, 1.54) is 22.2 Å². The molecular formula is C14H9N7OS. The van der Waals surface area contributed by atoms with E-state index in [2.05, 4.69) is 30.6 Å². The highest BCUT2D eigenvalue weighted by molar-refractivity contribution is 7.14. The highest BCUT2D eigenvalue weighted by Crippen LogP contribution is 2.24. The van der Waals surface area contributed by atoms with E-state index in [1.54, 1.807) is 24.5 Å². The van der Waals surface area contributed by atoms with Gasteiger partial charge in [0.05, 0.1) is 5.69 Å². The minimum Gasteiger partial charge on any atom is -0.296 e. The minimum atomic E-state index is -0.340. The monoisotopic (exact) mass is 323 g/mol. The number of nitrogens with one attached hydrogen (secondary N) is 1. The van der Waals surface area contributed by atoms with Gasteiger partial charge in [-0.15, -0.1) is 21.5 Å². The van der Waals surface area contributed by atoms with Crippen molar-refractivity contribution in [1.29, 1.82) is 0 Å². The summed E-state index contributed by atoms with van der Waals surface area (Å²) in [6.45, 7) is 0. The normalized spacial score (nSPS) is 10.8. The van der Waals surface area contributed by atoms with E-state index in [9.17, 15) is 4.79 Å². The standard InChI is InChI=1S/C14H9N7OS/c22-13(10-3-4-12-19-16-8-21(12)20-10)18-14-17-11(7-23-14)9-2-1-5-15-6-9/h1-8H,(H,17,18,22). The summed E-state index contributed by atoms with van der Waals surface area (Å²) in [6.07, 6.45) is 4.86. The molecule has 1 amide bonds. The number of aromatic nitrogens is 6. The van der Waals surface area contributed by atoms with Crippen molar-refractivity contribution in [3.63, 3.8) is 0 Å². The fourth-order valence-corrected chi connectivity index (χ4v) is 2.70. The van der Waals surface area contributed by atoms with Gasteiger partial charge in [0.15, 0.2) is 10.8 Å². The van der Waals surface area contributed by atoms with Crippen molar-refractivity contribution in [3.05, 3.63) is 54.1 Å². The molecule has 23 heavy (non-hydrogen) atoms. The summed E-state index contributed by atoms with van der Waals surface area (Å²) < 4.78 is 1.44. The molecule has 0 aliphatic carbocycles. The Kier molecular flexibility index (Phi) is 3.24. The van der Waals surface area contributed by atoms with E-state index in [0.717, 1.165) is 11.3 Å². The van der Waals surface area contributed by atoms with Crippen LogP contribution in [0.1, 0.15) is 10.5 Å². The van der Waals surface area contributed by atoms with Crippen molar-refractivity contribution in [2.24, 2.45) is 0 Å². The van der Waals surface area contributed by atoms with Crippen LogP contribution in [0.15, 0.2) is 48.4 Å². The van der Waals surface area contributed by atoms with Crippen LogP contribution in [0.4, 0.5) is 5.13 Å². The van der Waals surface area contributed by atoms with Gasteiger partial charge < -0.3 is 0 Å². The minimum absolute atomic E-state index is 0.260. The quantitative estimate of drug-likeness (QED) is 0.618. The summed E-state index contributed by atoms with van der Waals surface area (Å²) in [5, 5.41) is 16.8. The molecule has 112 valence electrons. The molecular weight excluding hydrogens is 314 g/mol. The third-order valence-electron chi connectivity index (χ3n) is 3.08. The maximum absolute atomic E-state index is 12.3. The molecule has 4 aromatic heterocycles. The average molecular weight is 323 g/mol. The van der Waals surface area contributed by atoms with E-state index >= 15 is 0 Å². The molecule has 0 spiro atoms. The van der Waals surface area contributed by atoms with Gasteiger partial charge in [-0.3, -0.25) is 15.1 Å². The van der Waals surface area contributed by atoms with E-state index in [0.29, 0.717) is 10.8 Å². The van der Waals surface area contributed by atoms with Crippen LogP contribution in [-0.4, -0.2) is 35.7 Å². The number of carbonyl (C=O) groups is 1. The number of hydrogen-bond acceptors (Lipinski definition) is 7. The first kappa shape index (κ1) is 13.5. The van der Waals surface area contributed by atoms with E-state index < -0.39 is 0 Å². The first-order chi connectivity index (χ1) is 11.3. The largest absolute Gasteiger partial charge is 0.296 e. The second-order valence-corrected chi connectivity index (χ2v) is 5.44. The van der Waals surface area contributed by atoms with Crippen molar-refractivity contribution in [3.8, 4) is 11.3 Å². The van der Waals surface area contributed by atoms with Gasteiger partial charge in [-0.1, -0.05) is 0 Å². The Bertz CT molecular complexity index is 979. The number of carbonyl (C=O) groups excluding carboxylic acids is 1. The molecule has 4 rings (SSSR count). The lowest BCUT2D eigenvalue weighted by molar-refractivity contribution is 0.102. The number of nitrogens with zero attached hydrogens (tertiary/aromatic N) is 6. The summed E-state index contributed by atoms with van der Waals surface area (Å²) >= 11 is 1.34. The number of hydrogen-bond donors (Lipinski definition) is 1. The lowest BCUT2D eigenvalue weighted by Crippen LogP contribution is -2.14. The third-order valence-corrected chi connectivity index (χ3v) is 3.83. The Morgan fingerprint density at radius 3 is 3.09 bits per heavy atom. The number of thiazole rings is 1. The van der Waals surface area contributed by atoms with Gasteiger partial charge in [0.25, 0.3) is 5.91 Å². The number of pyridine rings is 1.